The van der Waals surface area contributed by atoms with Gasteiger partial charge in [-0.25, -0.2) is 0 Å². The molecule has 0 spiro atoms. The molecule has 0 saturated carbocycles. The number of ether oxygens (including phenoxy) is 1. The van der Waals surface area contributed by atoms with E-state index in [1.807, 2.05) is 42.5 Å². The number of carbonyl (C=O) groups excluding carboxylic acids is 1. The van der Waals surface area contributed by atoms with Gasteiger partial charge in [0.25, 0.3) is 5.91 Å². The zero-order chi connectivity index (χ0) is 20.1. The highest BCUT2D eigenvalue weighted by molar-refractivity contribution is 7.15. The number of anilines is 1. The Bertz CT molecular complexity index is 1100. The summed E-state index contributed by atoms with van der Waals surface area (Å²) >= 11 is 7.13. The minimum Gasteiger partial charge on any atom is -0.486 e. The number of halogens is 1. The Morgan fingerprint density at radius 3 is 2.31 bits per heavy atom. The van der Waals surface area contributed by atoms with Gasteiger partial charge in [0.15, 0.2) is 5.01 Å². The number of nitrogens with one attached hydrogen (secondary N) is 1. The normalized spacial score (nSPS) is 10.5. The Kier molecular flexibility index (Phi) is 5.84. The Morgan fingerprint density at radius 1 is 0.897 bits per heavy atom. The monoisotopic (exact) mass is 421 g/mol. The lowest BCUT2D eigenvalue weighted by molar-refractivity contribution is 0.102. The summed E-state index contributed by atoms with van der Waals surface area (Å²) in [6.45, 7) is 0.265. The van der Waals surface area contributed by atoms with E-state index in [0.717, 1.165) is 11.1 Å². The maximum atomic E-state index is 12.5. The van der Waals surface area contributed by atoms with Crippen LogP contribution in [0.1, 0.15) is 15.4 Å². The van der Waals surface area contributed by atoms with Crippen molar-refractivity contribution < 1.29 is 9.53 Å². The highest BCUT2D eigenvalue weighted by Crippen LogP contribution is 2.22. The van der Waals surface area contributed by atoms with Crippen molar-refractivity contribution in [2.75, 3.05) is 5.32 Å². The van der Waals surface area contributed by atoms with Crippen LogP contribution in [-0.2, 0) is 6.61 Å². The summed E-state index contributed by atoms with van der Waals surface area (Å²) in [5, 5.41) is 12.6. The first-order chi connectivity index (χ1) is 14.2. The number of hydrogen-bond donors (Lipinski definition) is 1. The Hall–Kier alpha value is -3.22. The maximum absolute atomic E-state index is 12.5. The molecule has 0 bridgehead atoms. The molecule has 0 saturated heterocycles. The van der Waals surface area contributed by atoms with Crippen molar-refractivity contribution in [1.82, 2.24) is 10.2 Å². The van der Waals surface area contributed by atoms with Gasteiger partial charge in [-0.15, -0.1) is 10.2 Å². The van der Waals surface area contributed by atoms with Crippen LogP contribution in [0.2, 0.25) is 5.02 Å². The van der Waals surface area contributed by atoms with Gasteiger partial charge in [0.1, 0.15) is 12.4 Å². The van der Waals surface area contributed by atoms with E-state index in [1.165, 1.54) is 11.3 Å². The summed E-state index contributed by atoms with van der Waals surface area (Å²) < 4.78 is 5.64. The lowest BCUT2D eigenvalue weighted by atomic mass is 10.0. The van der Waals surface area contributed by atoms with Gasteiger partial charge in [-0.2, -0.15) is 0 Å². The molecule has 0 radical (unpaired) electrons. The van der Waals surface area contributed by atoms with Gasteiger partial charge >= 0.3 is 0 Å². The second-order valence-electron chi connectivity index (χ2n) is 6.14. The van der Waals surface area contributed by atoms with E-state index < -0.39 is 0 Å². The van der Waals surface area contributed by atoms with Crippen molar-refractivity contribution in [3.8, 4) is 16.9 Å². The SMILES string of the molecule is O=C(Nc1nnc(COc2ccc(Cl)cc2)s1)c1ccc(-c2ccccc2)cc1. The van der Waals surface area contributed by atoms with E-state index in [2.05, 4.69) is 15.5 Å². The van der Waals surface area contributed by atoms with Gasteiger partial charge in [0, 0.05) is 10.6 Å². The molecule has 1 N–H and O–H groups in total. The molecule has 0 aliphatic heterocycles. The average molecular weight is 422 g/mol. The minimum absolute atomic E-state index is 0.231. The van der Waals surface area contributed by atoms with Crippen LogP contribution in [0, 0.1) is 0 Å². The molecule has 0 aliphatic rings. The number of nitrogens with zero attached hydrogens (tertiary/aromatic N) is 2. The highest BCUT2D eigenvalue weighted by Gasteiger charge is 2.11. The third-order valence-corrected chi connectivity index (χ3v) is 5.18. The molecule has 1 aromatic heterocycles. The fourth-order valence-electron chi connectivity index (χ4n) is 2.65. The molecule has 0 unspecified atom stereocenters. The van der Waals surface area contributed by atoms with Gasteiger partial charge in [0.2, 0.25) is 5.13 Å². The third-order valence-electron chi connectivity index (χ3n) is 4.12. The van der Waals surface area contributed by atoms with Gasteiger partial charge in [-0.05, 0) is 47.5 Å². The zero-order valence-electron chi connectivity index (χ0n) is 15.2. The van der Waals surface area contributed by atoms with Crippen molar-refractivity contribution in [2.45, 2.75) is 6.61 Å². The van der Waals surface area contributed by atoms with Crippen LogP contribution >= 0.6 is 22.9 Å². The van der Waals surface area contributed by atoms with Crippen LogP contribution in [0.5, 0.6) is 5.75 Å². The van der Waals surface area contributed by atoms with Crippen molar-refractivity contribution in [1.29, 1.82) is 0 Å². The molecule has 1 amide bonds. The van der Waals surface area contributed by atoms with E-state index in [1.54, 1.807) is 36.4 Å². The predicted octanol–water partition coefficient (Wildman–Crippen LogP) is 5.69. The summed E-state index contributed by atoms with van der Waals surface area (Å²) in [5.74, 6) is 0.458. The second-order valence-corrected chi connectivity index (χ2v) is 7.64. The first kappa shape index (κ1) is 19.1. The van der Waals surface area contributed by atoms with E-state index in [9.17, 15) is 4.79 Å². The molecule has 3 aromatic carbocycles. The van der Waals surface area contributed by atoms with Crippen LogP contribution in [-0.4, -0.2) is 16.1 Å². The van der Waals surface area contributed by atoms with Crippen LogP contribution in [0.4, 0.5) is 5.13 Å². The quantitative estimate of drug-likeness (QED) is 0.434. The summed E-state index contributed by atoms with van der Waals surface area (Å²) in [7, 11) is 0. The summed E-state index contributed by atoms with van der Waals surface area (Å²) in [5.41, 5.74) is 2.72. The summed E-state index contributed by atoms with van der Waals surface area (Å²) in [4.78, 5) is 12.5. The number of benzene rings is 3. The van der Waals surface area contributed by atoms with E-state index in [0.29, 0.717) is 26.5 Å². The lowest BCUT2D eigenvalue weighted by Crippen LogP contribution is -2.11. The molecule has 4 rings (SSSR count). The molecule has 144 valence electrons. The van der Waals surface area contributed by atoms with Gasteiger partial charge in [-0.3, -0.25) is 10.1 Å². The molecular weight excluding hydrogens is 406 g/mol. The van der Waals surface area contributed by atoms with Gasteiger partial charge in [-0.1, -0.05) is 65.4 Å². The van der Waals surface area contributed by atoms with Crippen LogP contribution in [0.25, 0.3) is 11.1 Å². The minimum atomic E-state index is -0.231. The Morgan fingerprint density at radius 2 is 1.59 bits per heavy atom. The number of carbonyl (C=O) groups is 1. The lowest BCUT2D eigenvalue weighted by Gasteiger charge is -2.04. The number of amides is 1. The first-order valence-corrected chi connectivity index (χ1v) is 10.0. The van der Waals surface area contributed by atoms with Crippen LogP contribution in [0.3, 0.4) is 0 Å². The number of hydrogen-bond acceptors (Lipinski definition) is 5. The van der Waals surface area contributed by atoms with Crippen molar-refractivity contribution in [3.63, 3.8) is 0 Å². The molecule has 0 fully saturated rings. The highest BCUT2D eigenvalue weighted by atomic mass is 35.5. The topological polar surface area (TPSA) is 64.1 Å². The van der Waals surface area contributed by atoms with E-state index in [4.69, 9.17) is 16.3 Å². The Labute approximate surface area is 177 Å². The van der Waals surface area contributed by atoms with Gasteiger partial charge < -0.3 is 4.74 Å². The average Bonchev–Trinajstić information content (AvgIpc) is 3.21. The number of aromatic nitrogens is 2. The van der Waals surface area contributed by atoms with Crippen LogP contribution in [0.15, 0.2) is 78.9 Å². The summed E-state index contributed by atoms with van der Waals surface area (Å²) in [6.07, 6.45) is 0. The molecule has 7 heteroatoms. The smallest absolute Gasteiger partial charge is 0.257 e. The third kappa shape index (κ3) is 4.99. The number of rotatable bonds is 6. The molecule has 0 aliphatic carbocycles. The second kappa shape index (κ2) is 8.86. The van der Waals surface area contributed by atoms with Crippen LogP contribution < -0.4 is 10.1 Å². The summed E-state index contributed by atoms with van der Waals surface area (Å²) in [6, 6.07) is 24.5. The molecule has 0 atom stereocenters. The zero-order valence-corrected chi connectivity index (χ0v) is 16.8. The molecular formula is C22H16ClN3O2S. The fraction of sp³-hybridized carbons (Fsp3) is 0.0455. The Balaban J connectivity index is 1.35. The first-order valence-electron chi connectivity index (χ1n) is 8.85. The van der Waals surface area contributed by atoms with Crippen molar-refractivity contribution in [3.05, 3.63) is 94.5 Å². The molecule has 29 heavy (non-hydrogen) atoms. The molecule has 4 aromatic rings. The van der Waals surface area contributed by atoms with Gasteiger partial charge in [0.05, 0.1) is 0 Å². The largest absolute Gasteiger partial charge is 0.486 e. The molecule has 5 nitrogen and oxygen atoms in total. The molecule has 1 heterocycles. The van der Waals surface area contributed by atoms with Crippen molar-refractivity contribution in [2.24, 2.45) is 0 Å². The van der Waals surface area contributed by atoms with E-state index in [-0.39, 0.29) is 12.5 Å². The maximum Gasteiger partial charge on any atom is 0.257 e. The predicted molar refractivity (Wildman–Crippen MR) is 116 cm³/mol. The van der Waals surface area contributed by atoms with Crippen molar-refractivity contribution >= 4 is 34.0 Å². The standard InChI is InChI=1S/C22H16ClN3O2S/c23-18-10-12-19(13-11-18)28-14-20-25-26-22(29-20)24-21(27)17-8-6-16(7-9-17)15-4-2-1-3-5-15/h1-13H,14H2,(H,24,26,27). The van der Waals surface area contributed by atoms with E-state index >= 15 is 0 Å². The fourth-order valence-corrected chi connectivity index (χ4v) is 3.43.